The van der Waals surface area contributed by atoms with Crippen LogP contribution in [0.25, 0.3) is 0 Å². The third-order valence-corrected chi connectivity index (χ3v) is 2.86. The van der Waals surface area contributed by atoms with Crippen LogP contribution in [0.3, 0.4) is 0 Å². The van der Waals surface area contributed by atoms with Crippen molar-refractivity contribution in [3.05, 3.63) is 45.3 Å². The summed E-state index contributed by atoms with van der Waals surface area (Å²) in [5, 5.41) is 2.78. The number of carbonyl (C=O) groups is 1. The highest BCUT2D eigenvalue weighted by molar-refractivity contribution is 6.35. The molecule has 0 fully saturated rings. The molecule has 0 aliphatic rings. The van der Waals surface area contributed by atoms with E-state index in [2.05, 4.69) is 15.3 Å². The Bertz CT molecular complexity index is 607. The number of amides is 1. The second-order valence-electron chi connectivity index (χ2n) is 3.50. The van der Waals surface area contributed by atoms with Crippen LogP contribution in [0.4, 0.5) is 11.5 Å². The summed E-state index contributed by atoms with van der Waals surface area (Å²) in [5.74, 6) is -0.344. The molecule has 1 aromatic heterocycles. The average molecular weight is 318 g/mol. The topological polar surface area (TPSA) is 80.9 Å². The van der Waals surface area contributed by atoms with Gasteiger partial charge in [0, 0.05) is 11.8 Å². The van der Waals surface area contributed by atoms with E-state index in [0.29, 0.717) is 0 Å². The number of anilines is 2. The van der Waals surface area contributed by atoms with Gasteiger partial charge in [-0.1, -0.05) is 29.3 Å². The number of rotatable bonds is 2. The highest BCUT2D eigenvalue weighted by atomic mass is 35.5. The van der Waals surface area contributed by atoms with Crippen molar-refractivity contribution < 1.29 is 4.79 Å². The smallest absolute Gasteiger partial charge is 0.260 e. The van der Waals surface area contributed by atoms with Gasteiger partial charge in [0.15, 0.2) is 0 Å². The first-order valence-corrected chi connectivity index (χ1v) is 6.16. The van der Waals surface area contributed by atoms with Gasteiger partial charge in [0.2, 0.25) is 5.28 Å². The molecule has 0 saturated carbocycles. The van der Waals surface area contributed by atoms with Gasteiger partial charge in [-0.15, -0.1) is 0 Å². The van der Waals surface area contributed by atoms with Gasteiger partial charge in [-0.3, -0.25) is 4.79 Å². The second-order valence-corrected chi connectivity index (χ2v) is 4.64. The number of nitrogens with two attached hydrogens (primary N) is 1. The Morgan fingerprint density at radius 3 is 2.58 bits per heavy atom. The molecule has 0 saturated heterocycles. The molecule has 19 heavy (non-hydrogen) atoms. The van der Waals surface area contributed by atoms with Gasteiger partial charge < -0.3 is 11.1 Å². The van der Waals surface area contributed by atoms with Crippen molar-refractivity contribution in [3.63, 3.8) is 0 Å². The van der Waals surface area contributed by atoms with Crippen LogP contribution in [0.2, 0.25) is 15.5 Å². The zero-order valence-electron chi connectivity index (χ0n) is 9.32. The quantitative estimate of drug-likeness (QED) is 0.506. The van der Waals surface area contributed by atoms with Crippen LogP contribution in [0, 0.1) is 0 Å². The van der Waals surface area contributed by atoms with Gasteiger partial charge >= 0.3 is 0 Å². The van der Waals surface area contributed by atoms with E-state index in [4.69, 9.17) is 40.5 Å². The number of hydrogen-bond donors (Lipinski definition) is 2. The number of benzene rings is 1. The number of halogens is 3. The van der Waals surface area contributed by atoms with Crippen molar-refractivity contribution in [3.8, 4) is 0 Å². The summed E-state index contributed by atoms with van der Waals surface area (Å²) in [4.78, 5) is 19.5. The van der Waals surface area contributed by atoms with E-state index in [-0.39, 0.29) is 32.5 Å². The molecule has 3 N–H and O–H groups in total. The third-order valence-electron chi connectivity index (χ3n) is 2.18. The molecule has 1 aromatic carbocycles. The van der Waals surface area contributed by atoms with Crippen LogP contribution in [-0.4, -0.2) is 15.9 Å². The van der Waals surface area contributed by atoms with Crippen molar-refractivity contribution in [1.29, 1.82) is 0 Å². The first-order chi connectivity index (χ1) is 8.97. The number of nitrogens with one attached hydrogen (secondary N) is 1. The Labute approximate surface area is 123 Å². The minimum Gasteiger partial charge on any atom is -0.398 e. The maximum Gasteiger partial charge on any atom is 0.260 e. The molecular formula is C11H7Cl3N4O. The maximum absolute atomic E-state index is 12.1. The fraction of sp³-hybridized carbons (Fsp3) is 0. The zero-order valence-corrected chi connectivity index (χ0v) is 11.6. The minimum absolute atomic E-state index is 0.0741. The fourth-order valence-electron chi connectivity index (χ4n) is 1.41. The molecule has 0 aliphatic carbocycles. The number of carbonyl (C=O) groups excluding carboxylic acids is 1. The Hall–Kier alpha value is -1.56. The molecule has 1 heterocycles. The molecule has 0 bridgehead atoms. The van der Waals surface area contributed by atoms with Crippen LogP contribution in [0.1, 0.15) is 10.4 Å². The van der Waals surface area contributed by atoms with Crippen LogP contribution in [0.15, 0.2) is 24.3 Å². The van der Waals surface area contributed by atoms with Crippen LogP contribution in [0.5, 0.6) is 0 Å². The lowest BCUT2D eigenvalue weighted by atomic mass is 10.1. The van der Waals surface area contributed by atoms with Crippen LogP contribution < -0.4 is 11.1 Å². The molecule has 98 valence electrons. The predicted octanol–water partition coefficient (Wildman–Crippen LogP) is 3.27. The number of nitrogen functional groups attached to an aromatic ring is 1. The molecule has 2 aromatic rings. The van der Waals surface area contributed by atoms with E-state index in [1.165, 1.54) is 6.07 Å². The highest BCUT2D eigenvalue weighted by Crippen LogP contribution is 2.23. The molecule has 8 heteroatoms. The second kappa shape index (κ2) is 5.61. The molecule has 0 spiro atoms. The van der Waals surface area contributed by atoms with Gasteiger partial charge in [-0.05, 0) is 23.7 Å². The minimum atomic E-state index is -0.506. The Morgan fingerprint density at radius 2 is 1.95 bits per heavy atom. The lowest BCUT2D eigenvalue weighted by molar-refractivity contribution is 0.102. The average Bonchev–Trinajstić information content (AvgIpc) is 2.26. The van der Waals surface area contributed by atoms with Crippen molar-refractivity contribution in [2.45, 2.75) is 0 Å². The first kappa shape index (κ1) is 13.9. The predicted molar refractivity (Wildman–Crippen MR) is 75.9 cm³/mol. The van der Waals surface area contributed by atoms with Crippen molar-refractivity contribution in [2.75, 3.05) is 11.1 Å². The van der Waals surface area contributed by atoms with Gasteiger partial charge in [-0.25, -0.2) is 9.97 Å². The normalized spacial score (nSPS) is 10.3. The van der Waals surface area contributed by atoms with Gasteiger partial charge in [0.05, 0.1) is 10.6 Å². The fourth-order valence-corrected chi connectivity index (χ4v) is 2.09. The van der Waals surface area contributed by atoms with E-state index in [9.17, 15) is 4.79 Å². The lowest BCUT2D eigenvalue weighted by Crippen LogP contribution is -2.15. The van der Waals surface area contributed by atoms with E-state index in [1.807, 2.05) is 0 Å². The molecule has 2 rings (SSSR count). The zero-order chi connectivity index (χ0) is 14.0. The molecule has 0 atom stereocenters. The highest BCUT2D eigenvalue weighted by Gasteiger charge is 2.15. The maximum atomic E-state index is 12.1. The molecule has 0 unspecified atom stereocenters. The Balaban J connectivity index is 2.31. The Morgan fingerprint density at radius 1 is 1.21 bits per heavy atom. The summed E-state index contributed by atoms with van der Waals surface area (Å²) >= 11 is 17.3. The van der Waals surface area contributed by atoms with E-state index >= 15 is 0 Å². The molecule has 5 nitrogen and oxygen atoms in total. The van der Waals surface area contributed by atoms with Crippen molar-refractivity contribution in [1.82, 2.24) is 9.97 Å². The van der Waals surface area contributed by atoms with Gasteiger partial charge in [0.1, 0.15) is 11.0 Å². The summed E-state index contributed by atoms with van der Waals surface area (Å²) < 4.78 is 0. The van der Waals surface area contributed by atoms with Gasteiger partial charge in [0.25, 0.3) is 5.91 Å². The first-order valence-electron chi connectivity index (χ1n) is 5.03. The van der Waals surface area contributed by atoms with Gasteiger partial charge in [-0.2, -0.15) is 0 Å². The summed E-state index contributed by atoms with van der Waals surface area (Å²) in [7, 11) is 0. The number of aromatic nitrogens is 2. The van der Waals surface area contributed by atoms with E-state index in [0.717, 1.165) is 0 Å². The van der Waals surface area contributed by atoms with Crippen molar-refractivity contribution in [2.24, 2.45) is 0 Å². The molecular weight excluding hydrogens is 311 g/mol. The van der Waals surface area contributed by atoms with E-state index < -0.39 is 5.91 Å². The standard InChI is InChI=1S/C11H7Cl3N4O/c12-5-2-1-3-6(15)9(5)10(19)17-8-4-7(13)16-11(14)18-8/h1-4H,15H2,(H,16,17,18,19). The monoisotopic (exact) mass is 316 g/mol. The van der Waals surface area contributed by atoms with Crippen LogP contribution >= 0.6 is 34.8 Å². The summed E-state index contributed by atoms with van der Waals surface area (Å²) in [6.45, 7) is 0. The Kier molecular flexibility index (Phi) is 4.09. The van der Waals surface area contributed by atoms with E-state index in [1.54, 1.807) is 18.2 Å². The lowest BCUT2D eigenvalue weighted by Gasteiger charge is -2.08. The largest absolute Gasteiger partial charge is 0.398 e. The summed E-state index contributed by atoms with van der Waals surface area (Å²) in [6, 6.07) is 6.14. The van der Waals surface area contributed by atoms with Crippen molar-refractivity contribution >= 4 is 52.2 Å². The third kappa shape index (κ3) is 3.26. The van der Waals surface area contributed by atoms with Crippen LogP contribution in [-0.2, 0) is 0 Å². The molecule has 0 radical (unpaired) electrons. The SMILES string of the molecule is Nc1cccc(Cl)c1C(=O)Nc1cc(Cl)nc(Cl)n1. The number of hydrogen-bond acceptors (Lipinski definition) is 4. The molecule has 1 amide bonds. The number of nitrogens with zero attached hydrogens (tertiary/aromatic N) is 2. The summed E-state index contributed by atoms with van der Waals surface area (Å²) in [6.07, 6.45) is 0. The molecule has 0 aliphatic heterocycles. The summed E-state index contributed by atoms with van der Waals surface area (Å²) in [5.41, 5.74) is 6.13.